The molecule has 0 aliphatic heterocycles. The maximum Gasteiger partial charge on any atom is 0.0608 e. The summed E-state index contributed by atoms with van der Waals surface area (Å²) in [4.78, 5) is 0. The quantitative estimate of drug-likeness (QED) is 0.510. The van der Waals surface area contributed by atoms with E-state index in [2.05, 4.69) is 32.9 Å². The van der Waals surface area contributed by atoms with Crippen LogP contribution in [0.3, 0.4) is 0 Å². The number of rotatable bonds is 0. The van der Waals surface area contributed by atoms with Crippen molar-refractivity contribution in [1.29, 1.82) is 0 Å². The van der Waals surface area contributed by atoms with E-state index in [1.807, 2.05) is 0 Å². The van der Waals surface area contributed by atoms with Gasteiger partial charge in [0.15, 0.2) is 0 Å². The van der Waals surface area contributed by atoms with Crippen LogP contribution in [0.15, 0.2) is 12.2 Å². The Hall–Kier alpha value is -0.300. The van der Waals surface area contributed by atoms with E-state index in [9.17, 15) is 5.11 Å². The summed E-state index contributed by atoms with van der Waals surface area (Å²) in [7, 11) is 0. The Bertz CT molecular complexity index is 147. The van der Waals surface area contributed by atoms with Crippen LogP contribution in [0.25, 0.3) is 0 Å². The molecule has 0 saturated heterocycles. The summed E-state index contributed by atoms with van der Waals surface area (Å²) in [5.41, 5.74) is 0.200. The van der Waals surface area contributed by atoms with Gasteiger partial charge in [0.1, 0.15) is 0 Å². The van der Waals surface area contributed by atoms with Crippen LogP contribution in [0, 0.1) is 11.3 Å². The molecule has 2 atom stereocenters. The van der Waals surface area contributed by atoms with Crippen LogP contribution in [0.4, 0.5) is 0 Å². The molecule has 0 fully saturated rings. The fourth-order valence-corrected chi connectivity index (χ4v) is 1.33. The molecule has 0 aromatic carbocycles. The maximum absolute atomic E-state index is 9.46. The molecule has 10 heavy (non-hydrogen) atoms. The third-order valence-corrected chi connectivity index (χ3v) is 2.19. The largest absolute Gasteiger partial charge is 0.392 e. The second kappa shape index (κ2) is 2.39. The van der Waals surface area contributed by atoms with Gasteiger partial charge in [0.2, 0.25) is 0 Å². The fourth-order valence-electron chi connectivity index (χ4n) is 1.33. The van der Waals surface area contributed by atoms with Gasteiger partial charge in [-0.2, -0.15) is 0 Å². The van der Waals surface area contributed by atoms with E-state index < -0.39 is 0 Å². The van der Waals surface area contributed by atoms with Crippen LogP contribution < -0.4 is 0 Å². The van der Waals surface area contributed by atoms with Crippen molar-refractivity contribution in [2.75, 3.05) is 0 Å². The Kier molecular flexibility index (Phi) is 1.86. The first-order valence-electron chi connectivity index (χ1n) is 3.89. The third kappa shape index (κ3) is 1.60. The highest BCUT2D eigenvalue weighted by Gasteiger charge is 2.26. The molecule has 1 aliphatic carbocycles. The lowest BCUT2D eigenvalue weighted by Gasteiger charge is -2.31. The molecule has 0 radical (unpaired) electrons. The lowest BCUT2D eigenvalue weighted by molar-refractivity contribution is 0.0884. The minimum Gasteiger partial charge on any atom is -0.392 e. The molecule has 0 aromatic heterocycles. The standard InChI is InChI=1S/C9H16O/c1-7-4-5-9(2,3)6-8(7)10/h4-5,7-8,10H,6H2,1-3H3. The van der Waals surface area contributed by atoms with E-state index in [0.29, 0.717) is 5.92 Å². The van der Waals surface area contributed by atoms with Crippen LogP contribution in [0.2, 0.25) is 0 Å². The predicted octanol–water partition coefficient (Wildman–Crippen LogP) is 1.97. The molecule has 0 heterocycles. The number of allylic oxidation sites excluding steroid dienone is 1. The predicted molar refractivity (Wildman–Crippen MR) is 42.7 cm³/mol. The molecule has 1 heteroatoms. The highest BCUT2D eigenvalue weighted by molar-refractivity contribution is 5.04. The summed E-state index contributed by atoms with van der Waals surface area (Å²) in [5.74, 6) is 0.341. The van der Waals surface area contributed by atoms with Crippen LogP contribution >= 0.6 is 0 Å². The smallest absolute Gasteiger partial charge is 0.0608 e. The average Bonchev–Trinajstić information content (AvgIpc) is 1.79. The Morgan fingerprint density at radius 3 is 2.50 bits per heavy atom. The van der Waals surface area contributed by atoms with Crippen LogP contribution in [-0.2, 0) is 0 Å². The molecule has 0 amide bonds. The van der Waals surface area contributed by atoms with E-state index in [1.54, 1.807) is 0 Å². The molecule has 1 nitrogen and oxygen atoms in total. The molecule has 0 saturated carbocycles. The highest BCUT2D eigenvalue weighted by Crippen LogP contribution is 2.31. The number of hydrogen-bond acceptors (Lipinski definition) is 1. The second-order valence-electron chi connectivity index (χ2n) is 3.98. The van der Waals surface area contributed by atoms with Crippen molar-refractivity contribution < 1.29 is 5.11 Å². The molecule has 0 bridgehead atoms. The van der Waals surface area contributed by atoms with Crippen LogP contribution in [0.1, 0.15) is 27.2 Å². The summed E-state index contributed by atoms with van der Waals surface area (Å²) >= 11 is 0. The van der Waals surface area contributed by atoms with Gasteiger partial charge in [0.05, 0.1) is 6.10 Å². The van der Waals surface area contributed by atoms with Crippen molar-refractivity contribution >= 4 is 0 Å². The van der Waals surface area contributed by atoms with Gasteiger partial charge in [-0.05, 0) is 17.8 Å². The van der Waals surface area contributed by atoms with Gasteiger partial charge in [0, 0.05) is 0 Å². The van der Waals surface area contributed by atoms with Crippen molar-refractivity contribution in [2.24, 2.45) is 11.3 Å². The normalized spacial score (nSPS) is 38.0. The van der Waals surface area contributed by atoms with Gasteiger partial charge >= 0.3 is 0 Å². The molecule has 0 spiro atoms. The van der Waals surface area contributed by atoms with Crippen molar-refractivity contribution in [3.63, 3.8) is 0 Å². The monoisotopic (exact) mass is 140 g/mol. The summed E-state index contributed by atoms with van der Waals surface area (Å²) in [6.07, 6.45) is 5.06. The van der Waals surface area contributed by atoms with Crippen LogP contribution in [0.5, 0.6) is 0 Å². The first-order chi connectivity index (χ1) is 4.51. The number of hydrogen-bond donors (Lipinski definition) is 1. The molecule has 1 N–H and O–H groups in total. The molecular formula is C9H16O. The van der Waals surface area contributed by atoms with Gasteiger partial charge in [0.25, 0.3) is 0 Å². The number of aliphatic hydroxyl groups is 1. The lowest BCUT2D eigenvalue weighted by Crippen LogP contribution is -2.27. The zero-order chi connectivity index (χ0) is 7.78. The highest BCUT2D eigenvalue weighted by atomic mass is 16.3. The van der Waals surface area contributed by atoms with Gasteiger partial charge in [-0.25, -0.2) is 0 Å². The van der Waals surface area contributed by atoms with Crippen molar-refractivity contribution in [3.8, 4) is 0 Å². The van der Waals surface area contributed by atoms with Gasteiger partial charge < -0.3 is 5.11 Å². The first kappa shape index (κ1) is 7.80. The molecule has 0 aromatic rings. The van der Waals surface area contributed by atoms with Gasteiger partial charge in [-0.3, -0.25) is 0 Å². The van der Waals surface area contributed by atoms with E-state index in [4.69, 9.17) is 0 Å². The topological polar surface area (TPSA) is 20.2 Å². The average molecular weight is 140 g/mol. The third-order valence-electron chi connectivity index (χ3n) is 2.19. The summed E-state index contributed by atoms with van der Waals surface area (Å²) in [6, 6.07) is 0. The van der Waals surface area contributed by atoms with E-state index >= 15 is 0 Å². The zero-order valence-electron chi connectivity index (χ0n) is 6.96. The summed E-state index contributed by atoms with van der Waals surface area (Å²) in [6.45, 7) is 6.35. The van der Waals surface area contributed by atoms with E-state index in [1.165, 1.54) is 0 Å². The molecule has 1 aliphatic rings. The summed E-state index contributed by atoms with van der Waals surface area (Å²) in [5, 5.41) is 9.46. The van der Waals surface area contributed by atoms with Crippen molar-refractivity contribution in [3.05, 3.63) is 12.2 Å². The molecular weight excluding hydrogens is 124 g/mol. The van der Waals surface area contributed by atoms with Crippen LogP contribution in [-0.4, -0.2) is 11.2 Å². The fraction of sp³-hybridized carbons (Fsp3) is 0.778. The number of aliphatic hydroxyl groups excluding tert-OH is 1. The zero-order valence-corrected chi connectivity index (χ0v) is 6.96. The maximum atomic E-state index is 9.46. The second-order valence-corrected chi connectivity index (χ2v) is 3.98. The Balaban J connectivity index is 2.69. The SMILES string of the molecule is CC1C=CC(C)(C)CC1O. The Morgan fingerprint density at radius 2 is 2.10 bits per heavy atom. The Morgan fingerprint density at radius 1 is 1.50 bits per heavy atom. The minimum absolute atomic E-state index is 0.139. The molecule has 58 valence electrons. The van der Waals surface area contributed by atoms with Gasteiger partial charge in [-0.1, -0.05) is 32.9 Å². The van der Waals surface area contributed by atoms with Gasteiger partial charge in [-0.15, -0.1) is 0 Å². The van der Waals surface area contributed by atoms with E-state index in [0.717, 1.165) is 6.42 Å². The molecule has 1 rings (SSSR count). The lowest BCUT2D eigenvalue weighted by atomic mass is 9.78. The Labute approximate surface area is 62.8 Å². The van der Waals surface area contributed by atoms with Crippen molar-refractivity contribution in [1.82, 2.24) is 0 Å². The summed E-state index contributed by atoms with van der Waals surface area (Å²) < 4.78 is 0. The van der Waals surface area contributed by atoms with Crippen molar-refractivity contribution in [2.45, 2.75) is 33.3 Å². The minimum atomic E-state index is -0.139. The van der Waals surface area contributed by atoms with E-state index in [-0.39, 0.29) is 11.5 Å². The molecule has 2 unspecified atom stereocenters. The first-order valence-corrected chi connectivity index (χ1v) is 3.89.